The lowest BCUT2D eigenvalue weighted by Crippen LogP contribution is -2.36. The minimum absolute atomic E-state index is 0.0154. The van der Waals surface area contributed by atoms with E-state index in [1.54, 1.807) is 24.0 Å². The Kier molecular flexibility index (Phi) is 5.89. The molecule has 36 heavy (non-hydrogen) atoms. The molecule has 2 aromatic heterocycles. The maximum atomic E-state index is 13.6. The van der Waals surface area contributed by atoms with Crippen molar-refractivity contribution in [3.8, 4) is 5.88 Å². The van der Waals surface area contributed by atoms with E-state index in [2.05, 4.69) is 10.4 Å². The summed E-state index contributed by atoms with van der Waals surface area (Å²) >= 11 is 0. The third kappa shape index (κ3) is 4.16. The zero-order valence-corrected chi connectivity index (χ0v) is 20.4. The summed E-state index contributed by atoms with van der Waals surface area (Å²) < 4.78 is 16.2. The number of aromatic nitrogens is 3. The number of fused-ring (bicyclic) bond motifs is 2. The van der Waals surface area contributed by atoms with E-state index in [1.165, 1.54) is 27.3 Å². The van der Waals surface area contributed by atoms with Crippen LogP contribution in [-0.4, -0.2) is 43.7 Å². The van der Waals surface area contributed by atoms with Crippen LogP contribution in [0.3, 0.4) is 0 Å². The average Bonchev–Trinajstić information content (AvgIpc) is 3.42. The van der Waals surface area contributed by atoms with Crippen LogP contribution >= 0.6 is 0 Å². The summed E-state index contributed by atoms with van der Waals surface area (Å²) in [4.78, 5) is 40.8. The second kappa shape index (κ2) is 8.92. The molecular formula is C26H28FN5O4. The number of halogens is 1. The van der Waals surface area contributed by atoms with Crippen molar-refractivity contribution >= 4 is 29.2 Å². The molecule has 10 heteroatoms. The zero-order chi connectivity index (χ0) is 25.7. The molecule has 1 fully saturated rings. The first-order valence-corrected chi connectivity index (χ1v) is 12.1. The van der Waals surface area contributed by atoms with E-state index < -0.39 is 17.3 Å². The van der Waals surface area contributed by atoms with Crippen molar-refractivity contribution < 1.29 is 19.1 Å². The molecule has 0 radical (unpaired) electrons. The molecule has 1 aliphatic carbocycles. The van der Waals surface area contributed by atoms with Gasteiger partial charge in [0, 0.05) is 36.5 Å². The molecule has 0 unspecified atom stereocenters. The third-order valence-electron chi connectivity index (χ3n) is 6.50. The number of nitrogens with zero attached hydrogens (tertiary/aromatic N) is 4. The van der Waals surface area contributed by atoms with E-state index in [4.69, 9.17) is 0 Å². The fraction of sp³-hybridized carbons (Fsp3) is 0.385. The van der Waals surface area contributed by atoms with E-state index in [-0.39, 0.29) is 35.8 Å². The summed E-state index contributed by atoms with van der Waals surface area (Å²) in [7, 11) is 0. The SMILES string of the molecule is Cc1nn2c(O)c(C(=O)NC3CC3)c(=O)n(CC(C)C)c2c1C=CC(=O)N1CCc2cc(F)ccc21. The molecular weight excluding hydrogens is 465 g/mol. The lowest BCUT2D eigenvalue weighted by atomic mass is 10.1. The van der Waals surface area contributed by atoms with Gasteiger partial charge in [-0.15, -0.1) is 0 Å². The summed E-state index contributed by atoms with van der Waals surface area (Å²) in [5.41, 5.74) is 1.77. The van der Waals surface area contributed by atoms with Gasteiger partial charge in [-0.2, -0.15) is 9.61 Å². The van der Waals surface area contributed by atoms with E-state index in [0.29, 0.717) is 35.6 Å². The van der Waals surface area contributed by atoms with Gasteiger partial charge in [0.2, 0.25) is 5.88 Å². The number of aromatic hydroxyl groups is 1. The number of hydrogen-bond donors (Lipinski definition) is 2. The predicted molar refractivity (Wildman–Crippen MR) is 133 cm³/mol. The minimum Gasteiger partial charge on any atom is -0.492 e. The highest BCUT2D eigenvalue weighted by Gasteiger charge is 2.30. The van der Waals surface area contributed by atoms with Gasteiger partial charge in [-0.1, -0.05) is 13.8 Å². The van der Waals surface area contributed by atoms with Gasteiger partial charge in [0.25, 0.3) is 17.4 Å². The topological polar surface area (TPSA) is 109 Å². The van der Waals surface area contributed by atoms with Crippen molar-refractivity contribution in [3.63, 3.8) is 0 Å². The number of rotatable bonds is 6. The van der Waals surface area contributed by atoms with Crippen LogP contribution in [0.4, 0.5) is 10.1 Å². The highest BCUT2D eigenvalue weighted by Crippen LogP contribution is 2.29. The highest BCUT2D eigenvalue weighted by molar-refractivity contribution is 6.05. The number of amides is 2. The number of aryl methyl sites for hydroxylation is 1. The third-order valence-corrected chi connectivity index (χ3v) is 6.50. The Morgan fingerprint density at radius 1 is 1.31 bits per heavy atom. The van der Waals surface area contributed by atoms with Gasteiger partial charge in [-0.3, -0.25) is 19.0 Å². The Morgan fingerprint density at radius 3 is 2.75 bits per heavy atom. The highest BCUT2D eigenvalue weighted by atomic mass is 19.1. The van der Waals surface area contributed by atoms with Crippen molar-refractivity contribution in [1.82, 2.24) is 19.5 Å². The number of nitrogens with one attached hydrogen (secondary N) is 1. The van der Waals surface area contributed by atoms with Crippen molar-refractivity contribution in [1.29, 1.82) is 0 Å². The monoisotopic (exact) mass is 493 g/mol. The lowest BCUT2D eigenvalue weighted by molar-refractivity contribution is -0.114. The molecule has 3 heterocycles. The Labute approximate surface area is 206 Å². The maximum Gasteiger partial charge on any atom is 0.270 e. The van der Waals surface area contributed by atoms with Gasteiger partial charge in [0.15, 0.2) is 5.56 Å². The number of carbonyl (C=O) groups excluding carboxylic acids is 2. The van der Waals surface area contributed by atoms with Crippen LogP contribution < -0.4 is 15.8 Å². The fourth-order valence-corrected chi connectivity index (χ4v) is 4.62. The number of hydrogen-bond acceptors (Lipinski definition) is 5. The van der Waals surface area contributed by atoms with Crippen LogP contribution in [0.2, 0.25) is 0 Å². The van der Waals surface area contributed by atoms with Crippen LogP contribution in [-0.2, 0) is 17.8 Å². The van der Waals surface area contributed by atoms with Crippen molar-refractivity contribution in [2.24, 2.45) is 5.92 Å². The number of carbonyl (C=O) groups is 2. The summed E-state index contributed by atoms with van der Waals surface area (Å²) in [6.07, 6.45) is 5.21. The molecule has 2 amide bonds. The van der Waals surface area contributed by atoms with Crippen molar-refractivity contribution in [3.05, 3.63) is 62.8 Å². The summed E-state index contributed by atoms with van der Waals surface area (Å²) in [6.45, 7) is 6.31. The summed E-state index contributed by atoms with van der Waals surface area (Å²) in [5, 5.41) is 18.1. The van der Waals surface area contributed by atoms with Gasteiger partial charge in [0.1, 0.15) is 11.5 Å². The second-order valence-corrected chi connectivity index (χ2v) is 9.84. The maximum absolute atomic E-state index is 13.6. The van der Waals surface area contributed by atoms with Crippen molar-refractivity contribution in [2.75, 3.05) is 11.4 Å². The quantitative estimate of drug-likeness (QED) is 0.514. The average molecular weight is 494 g/mol. The molecule has 0 saturated heterocycles. The first-order valence-electron chi connectivity index (χ1n) is 12.1. The normalized spacial score (nSPS) is 15.3. The molecule has 0 bridgehead atoms. The van der Waals surface area contributed by atoms with Gasteiger partial charge >= 0.3 is 0 Å². The Morgan fingerprint density at radius 2 is 2.06 bits per heavy atom. The fourth-order valence-electron chi connectivity index (χ4n) is 4.62. The Hall–Kier alpha value is -3.95. The zero-order valence-electron chi connectivity index (χ0n) is 20.4. The molecule has 3 aromatic rings. The predicted octanol–water partition coefficient (Wildman–Crippen LogP) is 2.80. The largest absolute Gasteiger partial charge is 0.492 e. The van der Waals surface area contributed by atoms with Gasteiger partial charge in [-0.25, -0.2) is 4.39 Å². The summed E-state index contributed by atoms with van der Waals surface area (Å²) in [6, 6.07) is 4.37. The molecule has 0 spiro atoms. The molecule has 2 N–H and O–H groups in total. The van der Waals surface area contributed by atoms with Crippen LogP contribution in [0.5, 0.6) is 5.88 Å². The minimum atomic E-state index is -0.621. The molecule has 188 valence electrons. The molecule has 1 aromatic carbocycles. The van der Waals surface area contributed by atoms with Gasteiger partial charge < -0.3 is 15.3 Å². The van der Waals surface area contributed by atoms with E-state index in [1.807, 2.05) is 13.8 Å². The van der Waals surface area contributed by atoms with E-state index >= 15 is 0 Å². The second-order valence-electron chi connectivity index (χ2n) is 9.84. The Balaban J connectivity index is 1.57. The van der Waals surface area contributed by atoms with Crippen LogP contribution in [0.1, 0.15) is 53.9 Å². The molecule has 5 rings (SSSR count). The molecule has 9 nitrogen and oxygen atoms in total. The number of benzene rings is 1. The Bertz CT molecular complexity index is 1480. The number of anilines is 1. The standard InChI is InChI=1S/C26H28FN5O4/c1-14(2)13-31-24-19(7-9-21(33)30-11-10-16-12-17(27)4-8-20(16)30)15(3)29-32(24)26(36)22(25(31)35)23(34)28-18-5-6-18/h4,7-9,12,14,18,36H,5-6,10-11,13H2,1-3H3,(H,28,34). The van der Waals surface area contributed by atoms with Gasteiger partial charge in [-0.05, 0) is 61.9 Å². The van der Waals surface area contributed by atoms with E-state index in [0.717, 1.165) is 18.4 Å². The van der Waals surface area contributed by atoms with Crippen LogP contribution in [0, 0.1) is 18.7 Å². The molecule has 1 saturated carbocycles. The lowest BCUT2D eigenvalue weighted by Gasteiger charge is -2.16. The first-order chi connectivity index (χ1) is 17.2. The first kappa shape index (κ1) is 23.8. The molecule has 0 atom stereocenters. The smallest absolute Gasteiger partial charge is 0.270 e. The van der Waals surface area contributed by atoms with Gasteiger partial charge in [0.05, 0.1) is 5.69 Å². The van der Waals surface area contributed by atoms with Crippen LogP contribution in [0.15, 0.2) is 29.1 Å². The van der Waals surface area contributed by atoms with Crippen LogP contribution in [0.25, 0.3) is 11.7 Å². The summed E-state index contributed by atoms with van der Waals surface area (Å²) in [5.74, 6) is -1.72. The van der Waals surface area contributed by atoms with E-state index in [9.17, 15) is 23.9 Å². The molecule has 1 aliphatic heterocycles. The molecule has 2 aliphatic rings. The van der Waals surface area contributed by atoms with Crippen molar-refractivity contribution in [2.45, 2.75) is 52.6 Å².